The fraction of sp³-hybridized carbons (Fsp3) is 0.0625. The third kappa shape index (κ3) is 2.45. The van der Waals surface area contributed by atoms with Crippen LogP contribution in [-0.4, -0.2) is 9.97 Å². The van der Waals surface area contributed by atoms with Gasteiger partial charge >= 0.3 is 0 Å². The van der Waals surface area contributed by atoms with Gasteiger partial charge in [-0.2, -0.15) is 0 Å². The van der Waals surface area contributed by atoms with E-state index in [1.807, 2.05) is 43.3 Å². The minimum atomic E-state index is 0.642. The largest absolute Gasteiger partial charge is 0.342 e. The zero-order valence-electron chi connectivity index (χ0n) is 10.8. The number of halogens is 2. The number of benzene rings is 2. The summed E-state index contributed by atoms with van der Waals surface area (Å²) in [5, 5.41) is 1.29. The first kappa shape index (κ1) is 13.2. The van der Waals surface area contributed by atoms with Gasteiger partial charge < -0.3 is 4.98 Å². The van der Waals surface area contributed by atoms with Gasteiger partial charge in [0.2, 0.25) is 0 Å². The van der Waals surface area contributed by atoms with E-state index in [-0.39, 0.29) is 0 Å². The molecule has 0 bridgehead atoms. The molecule has 0 amide bonds. The van der Waals surface area contributed by atoms with Crippen LogP contribution in [0.4, 0.5) is 0 Å². The van der Waals surface area contributed by atoms with Crippen LogP contribution in [0.5, 0.6) is 0 Å². The van der Waals surface area contributed by atoms with Crippen molar-refractivity contribution < 1.29 is 0 Å². The van der Waals surface area contributed by atoms with Gasteiger partial charge in [-0.3, -0.25) is 0 Å². The number of nitrogens with one attached hydrogen (secondary N) is 1. The standard InChI is InChI=1S/C16H12Cl2N2/c1-10-15(13-9-12(17)7-8-14(13)18)20-16(19-10)11-5-3-2-4-6-11/h2-9H,1H3,(H,19,20). The molecule has 0 saturated heterocycles. The Balaban J connectivity index is 2.12. The van der Waals surface area contributed by atoms with Crippen molar-refractivity contribution in [3.05, 3.63) is 64.3 Å². The summed E-state index contributed by atoms with van der Waals surface area (Å²) in [6, 6.07) is 15.4. The Morgan fingerprint density at radius 3 is 2.50 bits per heavy atom. The number of aromatic amines is 1. The minimum absolute atomic E-state index is 0.642. The smallest absolute Gasteiger partial charge is 0.138 e. The monoisotopic (exact) mass is 302 g/mol. The van der Waals surface area contributed by atoms with Crippen molar-refractivity contribution >= 4 is 23.2 Å². The second-order valence-electron chi connectivity index (χ2n) is 4.55. The van der Waals surface area contributed by atoms with Crippen molar-refractivity contribution in [1.82, 2.24) is 9.97 Å². The molecule has 2 aromatic carbocycles. The van der Waals surface area contributed by atoms with E-state index in [1.54, 1.807) is 12.1 Å². The lowest BCUT2D eigenvalue weighted by Gasteiger charge is -2.02. The van der Waals surface area contributed by atoms with E-state index < -0.39 is 0 Å². The molecule has 0 saturated carbocycles. The topological polar surface area (TPSA) is 28.7 Å². The van der Waals surface area contributed by atoms with E-state index in [2.05, 4.69) is 9.97 Å². The van der Waals surface area contributed by atoms with E-state index in [1.165, 1.54) is 0 Å². The van der Waals surface area contributed by atoms with Crippen molar-refractivity contribution in [3.63, 3.8) is 0 Å². The molecular formula is C16H12Cl2N2. The number of aromatic nitrogens is 2. The molecule has 1 heterocycles. The summed E-state index contributed by atoms with van der Waals surface area (Å²) in [6.07, 6.45) is 0. The molecule has 20 heavy (non-hydrogen) atoms. The molecule has 3 rings (SSSR count). The molecule has 0 aliphatic heterocycles. The zero-order valence-corrected chi connectivity index (χ0v) is 12.3. The lowest BCUT2D eigenvalue weighted by molar-refractivity contribution is 1.26. The lowest BCUT2D eigenvalue weighted by Crippen LogP contribution is -1.83. The average Bonchev–Trinajstić information content (AvgIpc) is 2.84. The first-order chi connectivity index (χ1) is 9.65. The Bertz CT molecular complexity index is 748. The first-order valence-corrected chi connectivity index (χ1v) is 6.98. The van der Waals surface area contributed by atoms with Gasteiger partial charge in [0.25, 0.3) is 0 Å². The van der Waals surface area contributed by atoms with Crippen molar-refractivity contribution in [1.29, 1.82) is 0 Å². The predicted octanol–water partition coefficient (Wildman–Crippen LogP) is 5.36. The number of rotatable bonds is 2. The van der Waals surface area contributed by atoms with Gasteiger partial charge in [-0.1, -0.05) is 53.5 Å². The fourth-order valence-electron chi connectivity index (χ4n) is 2.13. The molecule has 0 fully saturated rings. The molecule has 0 spiro atoms. The zero-order chi connectivity index (χ0) is 14.1. The van der Waals surface area contributed by atoms with E-state index in [0.717, 1.165) is 28.3 Å². The minimum Gasteiger partial charge on any atom is -0.342 e. The van der Waals surface area contributed by atoms with E-state index >= 15 is 0 Å². The van der Waals surface area contributed by atoms with Crippen LogP contribution in [0.15, 0.2) is 48.5 Å². The van der Waals surface area contributed by atoms with Gasteiger partial charge in [0, 0.05) is 21.8 Å². The number of hydrogen-bond acceptors (Lipinski definition) is 1. The number of H-pyrrole nitrogens is 1. The van der Waals surface area contributed by atoms with Crippen LogP contribution in [0.2, 0.25) is 10.0 Å². The highest BCUT2D eigenvalue weighted by Crippen LogP contribution is 2.32. The van der Waals surface area contributed by atoms with Crippen LogP contribution in [0.1, 0.15) is 5.69 Å². The molecule has 2 nitrogen and oxygen atoms in total. The maximum atomic E-state index is 6.25. The molecule has 0 radical (unpaired) electrons. The number of nitrogens with zero attached hydrogens (tertiary/aromatic N) is 1. The Morgan fingerprint density at radius 1 is 1.00 bits per heavy atom. The van der Waals surface area contributed by atoms with Gasteiger partial charge in [-0.05, 0) is 25.1 Å². The van der Waals surface area contributed by atoms with Crippen molar-refractivity contribution in [3.8, 4) is 22.6 Å². The Kier molecular flexibility index (Phi) is 3.51. The highest BCUT2D eigenvalue weighted by Gasteiger charge is 2.13. The number of hydrogen-bond donors (Lipinski definition) is 1. The fourth-order valence-corrected chi connectivity index (χ4v) is 2.51. The number of imidazole rings is 1. The first-order valence-electron chi connectivity index (χ1n) is 6.22. The quantitative estimate of drug-likeness (QED) is 0.678. The predicted molar refractivity (Wildman–Crippen MR) is 84.2 cm³/mol. The van der Waals surface area contributed by atoms with Crippen molar-refractivity contribution in [2.45, 2.75) is 6.92 Å². The lowest BCUT2D eigenvalue weighted by atomic mass is 10.1. The Labute approximate surface area is 127 Å². The van der Waals surface area contributed by atoms with Crippen molar-refractivity contribution in [2.24, 2.45) is 0 Å². The van der Waals surface area contributed by atoms with Crippen LogP contribution < -0.4 is 0 Å². The van der Waals surface area contributed by atoms with Crippen LogP contribution in [0.25, 0.3) is 22.6 Å². The van der Waals surface area contributed by atoms with Crippen LogP contribution in [0.3, 0.4) is 0 Å². The normalized spacial score (nSPS) is 10.8. The molecule has 4 heteroatoms. The number of aryl methyl sites for hydroxylation is 1. The molecule has 1 N–H and O–H groups in total. The molecule has 0 aliphatic rings. The van der Waals surface area contributed by atoms with Crippen LogP contribution in [0, 0.1) is 6.92 Å². The molecule has 0 unspecified atom stereocenters. The summed E-state index contributed by atoms with van der Waals surface area (Å²) in [5.74, 6) is 0.828. The maximum Gasteiger partial charge on any atom is 0.138 e. The molecular weight excluding hydrogens is 291 g/mol. The molecule has 3 aromatic rings. The van der Waals surface area contributed by atoms with Gasteiger partial charge in [0.1, 0.15) is 5.82 Å². The summed E-state index contributed by atoms with van der Waals surface area (Å²) in [7, 11) is 0. The van der Waals surface area contributed by atoms with E-state index in [9.17, 15) is 0 Å². The SMILES string of the molecule is Cc1[nH]c(-c2ccccc2)nc1-c1cc(Cl)ccc1Cl. The molecule has 1 aromatic heterocycles. The van der Waals surface area contributed by atoms with E-state index in [0.29, 0.717) is 10.0 Å². The maximum absolute atomic E-state index is 6.25. The Hall–Kier alpha value is -1.77. The molecule has 0 aliphatic carbocycles. The van der Waals surface area contributed by atoms with Gasteiger partial charge in [-0.15, -0.1) is 0 Å². The summed E-state index contributed by atoms with van der Waals surface area (Å²) >= 11 is 12.3. The van der Waals surface area contributed by atoms with Crippen LogP contribution >= 0.6 is 23.2 Å². The summed E-state index contributed by atoms with van der Waals surface area (Å²) in [4.78, 5) is 7.95. The highest BCUT2D eigenvalue weighted by atomic mass is 35.5. The van der Waals surface area contributed by atoms with Crippen LogP contribution in [-0.2, 0) is 0 Å². The van der Waals surface area contributed by atoms with Gasteiger partial charge in [0.15, 0.2) is 0 Å². The molecule has 0 atom stereocenters. The summed E-state index contributed by atoms with van der Waals surface area (Å²) in [6.45, 7) is 1.98. The second kappa shape index (κ2) is 5.31. The highest BCUT2D eigenvalue weighted by molar-refractivity contribution is 6.35. The summed E-state index contributed by atoms with van der Waals surface area (Å²) in [5.41, 5.74) is 3.68. The average molecular weight is 303 g/mol. The van der Waals surface area contributed by atoms with E-state index in [4.69, 9.17) is 23.2 Å². The molecule has 100 valence electrons. The van der Waals surface area contributed by atoms with Gasteiger partial charge in [-0.25, -0.2) is 4.98 Å². The van der Waals surface area contributed by atoms with Gasteiger partial charge in [0.05, 0.1) is 10.7 Å². The Morgan fingerprint density at radius 2 is 1.75 bits per heavy atom. The summed E-state index contributed by atoms with van der Waals surface area (Å²) < 4.78 is 0. The third-order valence-electron chi connectivity index (χ3n) is 3.12. The third-order valence-corrected chi connectivity index (χ3v) is 3.68. The second-order valence-corrected chi connectivity index (χ2v) is 5.39. The van der Waals surface area contributed by atoms with Crippen molar-refractivity contribution in [2.75, 3.05) is 0 Å².